The molecule has 106 valence electrons. The van der Waals surface area contributed by atoms with E-state index in [0.29, 0.717) is 22.6 Å². The first kappa shape index (κ1) is 13.1. The molecule has 0 aliphatic heterocycles. The number of hydrogen-bond donors (Lipinski definition) is 2. The van der Waals surface area contributed by atoms with E-state index >= 15 is 0 Å². The van der Waals surface area contributed by atoms with Crippen molar-refractivity contribution in [2.75, 3.05) is 0 Å². The van der Waals surface area contributed by atoms with E-state index in [9.17, 15) is 4.79 Å². The van der Waals surface area contributed by atoms with E-state index in [4.69, 9.17) is 0 Å². The highest BCUT2D eigenvalue weighted by atomic mass is 16.1. The van der Waals surface area contributed by atoms with E-state index in [2.05, 4.69) is 34.1 Å². The fraction of sp³-hybridized carbons (Fsp3) is 0.533. The van der Waals surface area contributed by atoms with Gasteiger partial charge in [-0.05, 0) is 25.7 Å². The molecule has 1 aliphatic carbocycles. The third-order valence-electron chi connectivity index (χ3n) is 3.96. The van der Waals surface area contributed by atoms with Crippen LogP contribution in [0, 0.1) is 0 Å². The molecule has 0 saturated heterocycles. The smallest absolute Gasteiger partial charge is 0.255 e. The summed E-state index contributed by atoms with van der Waals surface area (Å²) >= 11 is 0. The van der Waals surface area contributed by atoms with Crippen LogP contribution in [0.5, 0.6) is 0 Å². The molecule has 1 aliphatic rings. The third-order valence-corrected chi connectivity index (χ3v) is 3.96. The molecule has 2 heterocycles. The standard InChI is InChI=1S/C15H20N4O/c1-3-10(4-2)18-15(20)11-7-16-14-13(11)19-12(8-17-14)9-5-6-9/h7-10H,3-6H2,1-2H3,(H,16,17)(H,18,20). The van der Waals surface area contributed by atoms with Crippen LogP contribution in [0.1, 0.15) is 61.5 Å². The van der Waals surface area contributed by atoms with E-state index in [-0.39, 0.29) is 11.9 Å². The number of aromatic nitrogens is 3. The molecule has 0 aromatic carbocycles. The van der Waals surface area contributed by atoms with Crippen molar-refractivity contribution in [1.82, 2.24) is 20.3 Å². The van der Waals surface area contributed by atoms with Gasteiger partial charge in [0.1, 0.15) is 5.52 Å². The Hall–Kier alpha value is -1.91. The van der Waals surface area contributed by atoms with E-state index in [0.717, 1.165) is 18.5 Å². The molecule has 2 aromatic rings. The highest BCUT2D eigenvalue weighted by Gasteiger charge is 2.26. The van der Waals surface area contributed by atoms with E-state index < -0.39 is 0 Å². The highest BCUT2D eigenvalue weighted by molar-refractivity contribution is 6.04. The van der Waals surface area contributed by atoms with Crippen molar-refractivity contribution < 1.29 is 4.79 Å². The van der Waals surface area contributed by atoms with Gasteiger partial charge in [-0.25, -0.2) is 9.97 Å². The summed E-state index contributed by atoms with van der Waals surface area (Å²) in [6.07, 6.45) is 7.76. The third kappa shape index (κ3) is 2.40. The van der Waals surface area contributed by atoms with Crippen molar-refractivity contribution in [3.63, 3.8) is 0 Å². The summed E-state index contributed by atoms with van der Waals surface area (Å²) in [5.74, 6) is 0.476. The summed E-state index contributed by atoms with van der Waals surface area (Å²) in [4.78, 5) is 24.4. The molecular weight excluding hydrogens is 252 g/mol. The maximum atomic E-state index is 12.3. The number of rotatable bonds is 5. The molecule has 0 bridgehead atoms. The molecule has 2 aromatic heterocycles. The first-order valence-corrected chi connectivity index (χ1v) is 7.37. The minimum atomic E-state index is -0.0628. The van der Waals surface area contributed by atoms with Crippen LogP contribution in [0.25, 0.3) is 11.2 Å². The van der Waals surface area contributed by atoms with E-state index in [1.807, 2.05) is 6.20 Å². The summed E-state index contributed by atoms with van der Waals surface area (Å²) < 4.78 is 0. The molecule has 20 heavy (non-hydrogen) atoms. The molecule has 3 rings (SSSR count). The zero-order chi connectivity index (χ0) is 14.1. The van der Waals surface area contributed by atoms with Gasteiger partial charge in [-0.15, -0.1) is 0 Å². The maximum absolute atomic E-state index is 12.3. The topological polar surface area (TPSA) is 70.7 Å². The lowest BCUT2D eigenvalue weighted by Gasteiger charge is -2.13. The molecule has 1 fully saturated rings. The molecule has 5 heteroatoms. The van der Waals surface area contributed by atoms with Gasteiger partial charge in [0, 0.05) is 18.2 Å². The van der Waals surface area contributed by atoms with Gasteiger partial charge in [-0.1, -0.05) is 13.8 Å². The van der Waals surface area contributed by atoms with Gasteiger partial charge in [-0.2, -0.15) is 0 Å². The number of fused-ring (bicyclic) bond motifs is 1. The quantitative estimate of drug-likeness (QED) is 0.879. The fourth-order valence-corrected chi connectivity index (χ4v) is 2.41. The Morgan fingerprint density at radius 2 is 2.20 bits per heavy atom. The van der Waals surface area contributed by atoms with Crippen LogP contribution in [0.4, 0.5) is 0 Å². The number of H-pyrrole nitrogens is 1. The first-order valence-electron chi connectivity index (χ1n) is 7.37. The predicted octanol–water partition coefficient (Wildman–Crippen LogP) is 2.75. The zero-order valence-corrected chi connectivity index (χ0v) is 11.9. The Kier molecular flexibility index (Phi) is 3.42. The summed E-state index contributed by atoms with van der Waals surface area (Å²) in [6, 6.07) is 0.215. The number of hydrogen-bond acceptors (Lipinski definition) is 3. The number of carbonyl (C=O) groups is 1. The van der Waals surface area contributed by atoms with Gasteiger partial charge in [0.05, 0.1) is 17.5 Å². The number of nitrogens with one attached hydrogen (secondary N) is 2. The maximum Gasteiger partial charge on any atom is 0.255 e. The number of aromatic amines is 1. The number of carbonyl (C=O) groups excluding carboxylic acids is 1. The van der Waals surface area contributed by atoms with Gasteiger partial charge in [0.15, 0.2) is 5.65 Å². The van der Waals surface area contributed by atoms with Crippen LogP contribution in [-0.2, 0) is 0 Å². The zero-order valence-electron chi connectivity index (χ0n) is 11.9. The Morgan fingerprint density at radius 1 is 1.45 bits per heavy atom. The van der Waals surface area contributed by atoms with E-state index in [1.54, 1.807) is 6.20 Å². The summed E-state index contributed by atoms with van der Waals surface area (Å²) in [5, 5.41) is 3.05. The van der Waals surface area contributed by atoms with Crippen LogP contribution in [-0.4, -0.2) is 26.9 Å². The molecule has 0 atom stereocenters. The second-order valence-corrected chi connectivity index (χ2v) is 5.46. The van der Waals surface area contributed by atoms with Gasteiger partial charge in [0.2, 0.25) is 0 Å². The molecule has 1 amide bonds. The van der Waals surface area contributed by atoms with Crippen LogP contribution in [0.15, 0.2) is 12.4 Å². The van der Waals surface area contributed by atoms with Crippen LogP contribution >= 0.6 is 0 Å². The van der Waals surface area contributed by atoms with Crippen LogP contribution in [0.2, 0.25) is 0 Å². The molecule has 2 N–H and O–H groups in total. The SMILES string of the molecule is CCC(CC)NC(=O)c1c[nH]c2ncc(C3CC3)nc12. The lowest BCUT2D eigenvalue weighted by atomic mass is 10.1. The average molecular weight is 272 g/mol. The second kappa shape index (κ2) is 5.23. The minimum absolute atomic E-state index is 0.0628. The van der Waals surface area contributed by atoms with Gasteiger partial charge < -0.3 is 10.3 Å². The fourth-order valence-electron chi connectivity index (χ4n) is 2.41. The molecule has 0 radical (unpaired) electrons. The second-order valence-electron chi connectivity index (χ2n) is 5.46. The molecule has 0 unspecified atom stereocenters. The van der Waals surface area contributed by atoms with Gasteiger partial charge >= 0.3 is 0 Å². The first-order chi connectivity index (χ1) is 9.72. The minimum Gasteiger partial charge on any atom is -0.349 e. The lowest BCUT2D eigenvalue weighted by molar-refractivity contribution is 0.0936. The predicted molar refractivity (Wildman–Crippen MR) is 77.7 cm³/mol. The highest BCUT2D eigenvalue weighted by Crippen LogP contribution is 2.39. The normalized spacial score (nSPS) is 14.9. The van der Waals surface area contributed by atoms with Crippen molar-refractivity contribution in [1.29, 1.82) is 0 Å². The molecular formula is C15H20N4O. The Labute approximate surface area is 118 Å². The number of nitrogens with zero attached hydrogens (tertiary/aromatic N) is 2. The summed E-state index contributed by atoms with van der Waals surface area (Å²) in [7, 11) is 0. The Morgan fingerprint density at radius 3 is 2.85 bits per heavy atom. The van der Waals surface area contributed by atoms with Crippen molar-refractivity contribution in [2.24, 2.45) is 0 Å². The monoisotopic (exact) mass is 272 g/mol. The van der Waals surface area contributed by atoms with Crippen molar-refractivity contribution in [3.8, 4) is 0 Å². The number of amides is 1. The van der Waals surface area contributed by atoms with Crippen LogP contribution in [0.3, 0.4) is 0 Å². The molecule has 5 nitrogen and oxygen atoms in total. The van der Waals surface area contributed by atoms with Crippen molar-refractivity contribution >= 4 is 17.1 Å². The van der Waals surface area contributed by atoms with E-state index in [1.165, 1.54) is 12.8 Å². The van der Waals surface area contributed by atoms with Crippen molar-refractivity contribution in [2.45, 2.75) is 51.5 Å². The Balaban J connectivity index is 1.90. The average Bonchev–Trinajstić information content (AvgIpc) is 3.23. The lowest BCUT2D eigenvalue weighted by Crippen LogP contribution is -2.33. The van der Waals surface area contributed by atoms with Crippen LogP contribution < -0.4 is 5.32 Å². The van der Waals surface area contributed by atoms with Crippen molar-refractivity contribution in [3.05, 3.63) is 23.7 Å². The largest absolute Gasteiger partial charge is 0.349 e. The summed E-state index contributed by atoms with van der Waals surface area (Å²) in [5.41, 5.74) is 2.98. The molecule has 0 spiro atoms. The molecule has 1 saturated carbocycles. The van der Waals surface area contributed by atoms with Gasteiger partial charge in [-0.3, -0.25) is 4.79 Å². The van der Waals surface area contributed by atoms with Gasteiger partial charge in [0.25, 0.3) is 5.91 Å². The Bertz CT molecular complexity index is 626. The summed E-state index contributed by atoms with van der Waals surface area (Å²) in [6.45, 7) is 4.16.